The normalized spacial score (nSPS) is 9.55. The van der Waals surface area contributed by atoms with Crippen molar-refractivity contribution in [1.82, 2.24) is 0 Å². The van der Waals surface area contributed by atoms with Gasteiger partial charge in [0.1, 0.15) is 5.82 Å². The second-order valence-electron chi connectivity index (χ2n) is 7.76. The van der Waals surface area contributed by atoms with Gasteiger partial charge in [-0.3, -0.25) is 4.99 Å². The Labute approximate surface area is 204 Å². The zero-order valence-electron chi connectivity index (χ0n) is 22.8. The standard InChI is InChI=1S/C15H15FO.C6H11N.C4H10.C3H6.C2H6/c1-2-11-6-7-15(16)14(9-11)13-5-3-4-12(8-13)10-17;1-5(2)6(3)7-4;1-4(2)3;1-3-2;1-2/h3-9,17H,2,10H2,1H3;1H2,2-4H3;4H,1-3H3;3H,1H2,2H3;1-2H3. The number of nitrogens with zero attached hydrogens (tertiary/aromatic N) is 1. The molecule has 33 heavy (non-hydrogen) atoms. The van der Waals surface area contributed by atoms with E-state index in [1.54, 1.807) is 19.2 Å². The van der Waals surface area contributed by atoms with E-state index < -0.39 is 0 Å². The minimum Gasteiger partial charge on any atom is -0.392 e. The SMILES string of the molecule is C=C(C)C(C)=NC.C=CC.CC.CC(C)C.CCc1ccc(F)c(-c2cccc(CO)c2)c1. The zero-order chi connectivity index (χ0) is 26.4. The monoisotopic (exact) mass is 457 g/mol. The molecule has 0 heterocycles. The molecule has 2 rings (SSSR count). The van der Waals surface area contributed by atoms with Crippen LogP contribution in [0.2, 0.25) is 0 Å². The predicted octanol–water partition coefficient (Wildman–Crippen LogP) is 9.08. The molecule has 0 spiro atoms. The van der Waals surface area contributed by atoms with Crippen LogP contribution < -0.4 is 0 Å². The van der Waals surface area contributed by atoms with Crippen molar-refractivity contribution in [2.75, 3.05) is 7.05 Å². The maximum Gasteiger partial charge on any atom is 0.131 e. The topological polar surface area (TPSA) is 32.6 Å². The highest BCUT2D eigenvalue weighted by atomic mass is 19.1. The number of rotatable bonds is 4. The first-order valence-electron chi connectivity index (χ1n) is 11.7. The minimum atomic E-state index is -0.225. The summed E-state index contributed by atoms with van der Waals surface area (Å²) >= 11 is 0. The highest BCUT2D eigenvalue weighted by Gasteiger charge is 2.06. The largest absolute Gasteiger partial charge is 0.392 e. The summed E-state index contributed by atoms with van der Waals surface area (Å²) in [6, 6.07) is 12.5. The number of aliphatic hydroxyl groups excluding tert-OH is 1. The van der Waals surface area contributed by atoms with Crippen LogP contribution in [-0.2, 0) is 13.0 Å². The quantitative estimate of drug-likeness (QED) is 0.360. The van der Waals surface area contributed by atoms with Crippen LogP contribution >= 0.6 is 0 Å². The third-order valence-electron chi connectivity index (χ3n) is 3.81. The van der Waals surface area contributed by atoms with E-state index in [2.05, 4.69) is 38.9 Å². The lowest BCUT2D eigenvalue weighted by atomic mass is 10.00. The minimum absolute atomic E-state index is 0.0249. The molecule has 2 aromatic carbocycles. The molecular weight excluding hydrogens is 409 g/mol. The van der Waals surface area contributed by atoms with E-state index in [1.165, 1.54) is 6.07 Å². The van der Waals surface area contributed by atoms with Crippen molar-refractivity contribution in [3.8, 4) is 11.1 Å². The molecule has 0 aliphatic rings. The van der Waals surface area contributed by atoms with Gasteiger partial charge in [0.2, 0.25) is 0 Å². The van der Waals surface area contributed by atoms with Crippen molar-refractivity contribution >= 4 is 5.71 Å². The van der Waals surface area contributed by atoms with Crippen LogP contribution in [0.1, 0.15) is 73.4 Å². The summed E-state index contributed by atoms with van der Waals surface area (Å²) in [6.45, 7) is 25.4. The number of hydrogen-bond acceptors (Lipinski definition) is 2. The Morgan fingerprint density at radius 1 is 1.06 bits per heavy atom. The molecule has 0 amide bonds. The van der Waals surface area contributed by atoms with Gasteiger partial charge in [0.05, 0.1) is 6.61 Å². The number of aliphatic hydroxyl groups is 1. The van der Waals surface area contributed by atoms with Gasteiger partial charge in [-0.25, -0.2) is 4.39 Å². The zero-order valence-corrected chi connectivity index (χ0v) is 22.8. The summed E-state index contributed by atoms with van der Waals surface area (Å²) in [5, 5.41) is 9.09. The first kappa shape index (κ1) is 35.1. The maximum absolute atomic E-state index is 13.8. The Bertz CT molecular complexity index is 804. The van der Waals surface area contributed by atoms with Gasteiger partial charge in [-0.2, -0.15) is 0 Å². The van der Waals surface area contributed by atoms with Gasteiger partial charge in [0, 0.05) is 18.3 Å². The van der Waals surface area contributed by atoms with Gasteiger partial charge in [0.15, 0.2) is 0 Å². The van der Waals surface area contributed by atoms with Gasteiger partial charge in [0.25, 0.3) is 0 Å². The van der Waals surface area contributed by atoms with E-state index >= 15 is 0 Å². The molecule has 0 bridgehead atoms. The summed E-state index contributed by atoms with van der Waals surface area (Å²) in [5.74, 6) is 0.609. The van der Waals surface area contributed by atoms with E-state index in [0.29, 0.717) is 5.56 Å². The lowest BCUT2D eigenvalue weighted by molar-refractivity contribution is 0.282. The van der Waals surface area contributed by atoms with Crippen molar-refractivity contribution in [2.24, 2.45) is 10.9 Å². The molecule has 0 radical (unpaired) electrons. The molecule has 0 fully saturated rings. The van der Waals surface area contributed by atoms with Crippen molar-refractivity contribution in [3.05, 3.63) is 84.2 Å². The lowest BCUT2D eigenvalue weighted by Gasteiger charge is -2.07. The second-order valence-corrected chi connectivity index (χ2v) is 7.76. The Kier molecular flexibility index (Phi) is 24.1. The summed E-state index contributed by atoms with van der Waals surface area (Å²) in [4.78, 5) is 3.91. The molecule has 2 aromatic rings. The van der Waals surface area contributed by atoms with Crippen LogP contribution in [0.3, 0.4) is 0 Å². The van der Waals surface area contributed by atoms with Gasteiger partial charge >= 0.3 is 0 Å². The molecule has 0 saturated carbocycles. The van der Waals surface area contributed by atoms with Gasteiger partial charge < -0.3 is 5.11 Å². The average molecular weight is 458 g/mol. The van der Waals surface area contributed by atoms with E-state index in [0.717, 1.165) is 40.3 Å². The summed E-state index contributed by atoms with van der Waals surface area (Å²) < 4.78 is 13.8. The number of allylic oxidation sites excluding steroid dienone is 2. The van der Waals surface area contributed by atoms with Crippen LogP contribution in [0, 0.1) is 11.7 Å². The fraction of sp³-hybridized carbons (Fsp3) is 0.433. The number of hydrogen-bond donors (Lipinski definition) is 1. The highest BCUT2D eigenvalue weighted by Crippen LogP contribution is 2.25. The molecule has 3 heteroatoms. The van der Waals surface area contributed by atoms with E-state index in [9.17, 15) is 4.39 Å². The summed E-state index contributed by atoms with van der Waals surface area (Å²) in [5.41, 5.74) is 5.38. The predicted molar refractivity (Wildman–Crippen MR) is 149 cm³/mol. The molecule has 1 N–H and O–H groups in total. The Morgan fingerprint density at radius 3 is 1.94 bits per heavy atom. The molecule has 186 valence electrons. The number of benzene rings is 2. The van der Waals surface area contributed by atoms with Crippen LogP contribution in [0.4, 0.5) is 4.39 Å². The third kappa shape index (κ3) is 18.7. The molecule has 0 atom stereocenters. The number of halogens is 1. The van der Waals surface area contributed by atoms with Crippen molar-refractivity contribution < 1.29 is 9.50 Å². The van der Waals surface area contributed by atoms with Crippen LogP contribution in [0.5, 0.6) is 0 Å². The highest BCUT2D eigenvalue weighted by molar-refractivity contribution is 5.96. The van der Waals surface area contributed by atoms with Crippen molar-refractivity contribution in [1.29, 1.82) is 0 Å². The Balaban J connectivity index is -0.000000467. The summed E-state index contributed by atoms with van der Waals surface area (Å²) in [6.07, 6.45) is 2.63. The molecule has 2 nitrogen and oxygen atoms in total. The maximum atomic E-state index is 13.8. The third-order valence-corrected chi connectivity index (χ3v) is 3.81. The van der Waals surface area contributed by atoms with Gasteiger partial charge in [-0.1, -0.05) is 78.5 Å². The Hall–Kier alpha value is -2.52. The molecule has 0 aromatic heterocycles. The van der Waals surface area contributed by atoms with Crippen molar-refractivity contribution in [2.45, 2.75) is 75.3 Å². The number of aliphatic imine (C=N–C) groups is 1. The first-order chi connectivity index (χ1) is 15.6. The van der Waals surface area contributed by atoms with Crippen LogP contribution in [0.25, 0.3) is 11.1 Å². The van der Waals surface area contributed by atoms with E-state index in [-0.39, 0.29) is 12.4 Å². The lowest BCUT2D eigenvalue weighted by Crippen LogP contribution is -1.90. The first-order valence-corrected chi connectivity index (χ1v) is 11.7. The smallest absolute Gasteiger partial charge is 0.131 e. The van der Waals surface area contributed by atoms with E-state index in [4.69, 9.17) is 5.11 Å². The van der Waals surface area contributed by atoms with E-state index in [1.807, 2.05) is 71.9 Å². The fourth-order valence-electron chi connectivity index (χ4n) is 2.04. The molecule has 0 aliphatic heterocycles. The average Bonchev–Trinajstić information content (AvgIpc) is 2.80. The molecular formula is C30H48FNO. The number of aryl methyl sites for hydroxylation is 1. The van der Waals surface area contributed by atoms with Crippen LogP contribution in [-0.4, -0.2) is 17.9 Å². The fourth-order valence-corrected chi connectivity index (χ4v) is 2.04. The molecule has 0 aliphatic carbocycles. The van der Waals surface area contributed by atoms with Gasteiger partial charge in [-0.15, -0.1) is 6.58 Å². The molecule has 0 saturated heterocycles. The van der Waals surface area contributed by atoms with Crippen LogP contribution in [0.15, 0.2) is 72.3 Å². The summed E-state index contributed by atoms with van der Waals surface area (Å²) in [7, 11) is 1.77. The second kappa shape index (κ2) is 22.7. The Morgan fingerprint density at radius 2 is 1.58 bits per heavy atom. The van der Waals surface area contributed by atoms with Crippen molar-refractivity contribution in [3.63, 3.8) is 0 Å². The molecule has 0 unspecified atom stereocenters. The van der Waals surface area contributed by atoms with Gasteiger partial charge in [-0.05, 0) is 73.6 Å².